The fourth-order valence-corrected chi connectivity index (χ4v) is 9.03. The first-order valence-corrected chi connectivity index (χ1v) is 15.3. The third-order valence-corrected chi connectivity index (χ3v) is 11.5. The largest absolute Gasteiger partial charge is 0.480 e. The first-order valence-electron chi connectivity index (χ1n) is 15.3. The van der Waals surface area contributed by atoms with Gasteiger partial charge in [0.25, 0.3) is 5.91 Å². The molecule has 0 radical (unpaired) electrons. The van der Waals surface area contributed by atoms with Crippen molar-refractivity contribution in [2.45, 2.75) is 83.3 Å². The average molecular weight is 572 g/mol. The number of hydrogen-bond donors (Lipinski definition) is 4. The standard InChI is InChI=1S/C34H41N3O5/c1-4-34(41)16-13-27-25-10-9-22-18-23(11-14-32(22,2)26(25)12-15-33(27,34)3)37-42-20-30(38)36-29(31(39)40)17-21-19-35-28-8-6-5-7-24(21)28/h1,5-8,18-19,25-27,29,35,41H,9-17,20H2,2-3H3,(H,36,38)(H,39,40)/b37-23-/t25-,26+,27-,29-,32+,33+,34-/m1/s1. The predicted octanol–water partition coefficient (Wildman–Crippen LogP) is 4.98. The predicted molar refractivity (Wildman–Crippen MR) is 160 cm³/mol. The number of aromatic amines is 1. The molecule has 222 valence electrons. The molecule has 8 nitrogen and oxygen atoms in total. The Morgan fingerprint density at radius 2 is 1.95 bits per heavy atom. The molecule has 0 unspecified atom stereocenters. The number of carbonyl (C=O) groups excluding carboxylic acids is 1. The lowest BCUT2D eigenvalue weighted by Crippen LogP contribution is -2.54. The Bertz CT molecular complexity index is 1500. The summed E-state index contributed by atoms with van der Waals surface area (Å²) in [6, 6.07) is 6.59. The van der Waals surface area contributed by atoms with E-state index in [2.05, 4.69) is 41.3 Å². The normalized spacial score (nSPS) is 35.3. The van der Waals surface area contributed by atoms with E-state index in [1.807, 2.05) is 24.3 Å². The quantitative estimate of drug-likeness (QED) is 0.276. The first kappa shape index (κ1) is 28.5. The molecular weight excluding hydrogens is 530 g/mol. The van der Waals surface area contributed by atoms with Gasteiger partial charge in [-0.2, -0.15) is 0 Å². The molecule has 1 aromatic heterocycles. The molecule has 4 N–H and O–H groups in total. The van der Waals surface area contributed by atoms with E-state index in [0.29, 0.717) is 24.2 Å². The van der Waals surface area contributed by atoms with Crippen LogP contribution in [0.15, 0.2) is 47.3 Å². The Morgan fingerprint density at radius 1 is 1.17 bits per heavy atom. The number of fused-ring (bicyclic) bond motifs is 6. The summed E-state index contributed by atoms with van der Waals surface area (Å²) >= 11 is 0. The highest BCUT2D eigenvalue weighted by atomic mass is 16.6. The molecule has 1 amide bonds. The van der Waals surface area contributed by atoms with Crippen LogP contribution in [0, 0.1) is 40.9 Å². The van der Waals surface area contributed by atoms with Gasteiger partial charge in [0.15, 0.2) is 6.61 Å². The third-order valence-electron chi connectivity index (χ3n) is 11.5. The summed E-state index contributed by atoms with van der Waals surface area (Å²) in [6.45, 7) is 4.27. The Balaban J connectivity index is 1.07. The minimum Gasteiger partial charge on any atom is -0.480 e. The van der Waals surface area contributed by atoms with E-state index >= 15 is 0 Å². The van der Waals surface area contributed by atoms with Crippen molar-refractivity contribution in [3.8, 4) is 12.3 Å². The zero-order valence-corrected chi connectivity index (χ0v) is 24.5. The van der Waals surface area contributed by atoms with Crippen molar-refractivity contribution in [3.05, 3.63) is 47.7 Å². The molecule has 0 bridgehead atoms. The molecule has 7 atom stereocenters. The number of aromatic nitrogens is 1. The van der Waals surface area contributed by atoms with Gasteiger partial charge in [-0.3, -0.25) is 4.79 Å². The van der Waals surface area contributed by atoms with Gasteiger partial charge in [0.2, 0.25) is 0 Å². The molecule has 2 aromatic rings. The van der Waals surface area contributed by atoms with Gasteiger partial charge < -0.3 is 25.4 Å². The molecule has 1 heterocycles. The number of oxime groups is 1. The number of carbonyl (C=O) groups is 2. The number of aliphatic carboxylic acids is 1. The summed E-state index contributed by atoms with van der Waals surface area (Å²) in [5, 5.41) is 28.8. The van der Waals surface area contributed by atoms with Crippen molar-refractivity contribution in [3.63, 3.8) is 0 Å². The number of carboxylic acid groups (broad SMARTS) is 1. The number of nitrogens with one attached hydrogen (secondary N) is 2. The number of allylic oxidation sites excluding steroid dienone is 2. The number of nitrogens with zero attached hydrogens (tertiary/aromatic N) is 1. The lowest BCUT2D eigenvalue weighted by Gasteiger charge is -2.58. The van der Waals surface area contributed by atoms with Crippen LogP contribution in [0.1, 0.15) is 70.8 Å². The second-order valence-electron chi connectivity index (χ2n) is 13.4. The van der Waals surface area contributed by atoms with Crippen molar-refractivity contribution in [1.29, 1.82) is 0 Å². The lowest BCUT2D eigenvalue weighted by atomic mass is 9.46. The SMILES string of the molecule is C#C[C@@]1(O)CC[C@@H]2[C@@H]3CCC4=C/C(=N\OCC(=O)N[C@H](Cc5c[nH]c6ccccc56)C(=O)O)CC[C@]4(C)[C@H]3CC[C@@]21C. The number of amides is 1. The van der Waals surface area contributed by atoms with Crippen LogP contribution in [0.4, 0.5) is 0 Å². The highest BCUT2D eigenvalue weighted by molar-refractivity contribution is 5.96. The lowest BCUT2D eigenvalue weighted by molar-refractivity contribution is -0.142. The van der Waals surface area contributed by atoms with Gasteiger partial charge in [0.1, 0.15) is 11.6 Å². The number of para-hydroxylation sites is 1. The summed E-state index contributed by atoms with van der Waals surface area (Å²) in [5.74, 6) is 2.73. The summed E-state index contributed by atoms with van der Waals surface area (Å²) < 4.78 is 0. The molecule has 0 spiro atoms. The van der Waals surface area contributed by atoms with E-state index in [1.165, 1.54) is 5.57 Å². The van der Waals surface area contributed by atoms with E-state index < -0.39 is 23.5 Å². The number of terminal acetylenes is 1. The van der Waals surface area contributed by atoms with Crippen LogP contribution in [0.5, 0.6) is 0 Å². The first-order chi connectivity index (χ1) is 20.1. The van der Waals surface area contributed by atoms with E-state index in [1.54, 1.807) is 6.20 Å². The number of H-pyrrole nitrogens is 1. The maximum Gasteiger partial charge on any atom is 0.326 e. The molecule has 0 saturated heterocycles. The van der Waals surface area contributed by atoms with E-state index in [9.17, 15) is 19.8 Å². The Morgan fingerprint density at radius 3 is 2.74 bits per heavy atom. The summed E-state index contributed by atoms with van der Waals surface area (Å²) in [5.41, 5.74) is 2.88. The molecule has 3 saturated carbocycles. The fraction of sp³-hybridized carbons (Fsp3) is 0.559. The number of benzene rings is 1. The summed E-state index contributed by atoms with van der Waals surface area (Å²) in [6.07, 6.45) is 17.5. The minimum absolute atomic E-state index is 0.0919. The number of hydrogen-bond acceptors (Lipinski definition) is 5. The molecule has 4 aliphatic rings. The highest BCUT2D eigenvalue weighted by Crippen LogP contribution is 2.67. The van der Waals surface area contributed by atoms with Gasteiger partial charge in [-0.25, -0.2) is 4.79 Å². The van der Waals surface area contributed by atoms with E-state index in [4.69, 9.17) is 11.3 Å². The van der Waals surface area contributed by atoms with Crippen molar-refractivity contribution in [1.82, 2.24) is 10.3 Å². The number of aliphatic hydroxyl groups is 1. The molecule has 3 fully saturated rings. The van der Waals surface area contributed by atoms with Gasteiger partial charge in [0, 0.05) is 28.9 Å². The summed E-state index contributed by atoms with van der Waals surface area (Å²) in [4.78, 5) is 33.0. The molecule has 6 rings (SSSR count). The monoisotopic (exact) mass is 571 g/mol. The Hall–Kier alpha value is -3.57. The smallest absolute Gasteiger partial charge is 0.326 e. The average Bonchev–Trinajstić information content (AvgIpc) is 3.50. The molecule has 42 heavy (non-hydrogen) atoms. The molecular formula is C34H41N3O5. The topological polar surface area (TPSA) is 124 Å². The van der Waals surface area contributed by atoms with Crippen LogP contribution in [0.25, 0.3) is 10.9 Å². The van der Waals surface area contributed by atoms with Crippen LogP contribution in [0.2, 0.25) is 0 Å². The van der Waals surface area contributed by atoms with Crippen LogP contribution in [-0.4, -0.2) is 51.0 Å². The molecule has 1 aromatic carbocycles. The van der Waals surface area contributed by atoms with Gasteiger partial charge in [-0.15, -0.1) is 6.42 Å². The Kier molecular flexibility index (Phi) is 7.21. The van der Waals surface area contributed by atoms with Crippen molar-refractivity contribution in [2.75, 3.05) is 6.61 Å². The second kappa shape index (κ2) is 10.6. The molecule has 0 aliphatic heterocycles. The maximum absolute atomic E-state index is 12.6. The summed E-state index contributed by atoms with van der Waals surface area (Å²) in [7, 11) is 0. The van der Waals surface area contributed by atoms with Gasteiger partial charge in [0.05, 0.1) is 5.71 Å². The van der Waals surface area contributed by atoms with Crippen molar-refractivity contribution >= 4 is 28.5 Å². The zero-order valence-electron chi connectivity index (χ0n) is 24.5. The number of carboxylic acids is 1. The van der Waals surface area contributed by atoms with Gasteiger partial charge in [-0.1, -0.05) is 48.7 Å². The zero-order chi connectivity index (χ0) is 29.7. The highest BCUT2D eigenvalue weighted by Gasteiger charge is 2.63. The maximum atomic E-state index is 12.6. The Labute approximate surface area is 247 Å². The minimum atomic E-state index is -1.10. The van der Waals surface area contributed by atoms with Crippen LogP contribution >= 0.6 is 0 Å². The van der Waals surface area contributed by atoms with Crippen LogP contribution in [-0.2, 0) is 20.8 Å². The number of rotatable bonds is 7. The molecule has 8 heteroatoms. The van der Waals surface area contributed by atoms with Gasteiger partial charge >= 0.3 is 5.97 Å². The molecule has 4 aliphatic carbocycles. The third kappa shape index (κ3) is 4.63. The second-order valence-corrected chi connectivity index (χ2v) is 13.4. The van der Waals surface area contributed by atoms with Gasteiger partial charge in [-0.05, 0) is 92.2 Å². The fourth-order valence-electron chi connectivity index (χ4n) is 9.03. The van der Waals surface area contributed by atoms with Crippen molar-refractivity contribution in [2.24, 2.45) is 33.7 Å². The van der Waals surface area contributed by atoms with Crippen molar-refractivity contribution < 1.29 is 24.6 Å². The van der Waals surface area contributed by atoms with Crippen LogP contribution in [0.3, 0.4) is 0 Å². The van der Waals surface area contributed by atoms with E-state index in [-0.39, 0.29) is 23.9 Å². The van der Waals surface area contributed by atoms with E-state index in [0.717, 1.165) is 67.1 Å². The van der Waals surface area contributed by atoms with Crippen LogP contribution < -0.4 is 5.32 Å².